The van der Waals surface area contributed by atoms with E-state index in [9.17, 15) is 9.59 Å². The van der Waals surface area contributed by atoms with Gasteiger partial charge in [0.2, 0.25) is 0 Å². The topological polar surface area (TPSA) is 68.2 Å². The molecule has 1 fully saturated rings. The number of carbonyl (C=O) groups excluding carboxylic acids is 2. The molecule has 6 nitrogen and oxygen atoms in total. The van der Waals surface area contributed by atoms with E-state index in [1.807, 2.05) is 30.3 Å². The summed E-state index contributed by atoms with van der Waals surface area (Å²) in [7, 11) is 3.30. The highest BCUT2D eigenvalue weighted by Gasteiger charge is 2.30. The van der Waals surface area contributed by atoms with E-state index in [0.29, 0.717) is 27.9 Å². The molecule has 3 rings (SSSR count). The van der Waals surface area contributed by atoms with Gasteiger partial charge in [-0.1, -0.05) is 12.1 Å². The van der Waals surface area contributed by atoms with Crippen molar-refractivity contribution in [1.29, 1.82) is 0 Å². The molecule has 1 amide bonds. The molecule has 0 unspecified atom stereocenters. The maximum absolute atomic E-state index is 12.5. The number of likely N-dealkylation sites (N-methyl/N-ethyl adjacent to an activating group) is 1. The van der Waals surface area contributed by atoms with Crippen LogP contribution in [-0.4, -0.2) is 42.7 Å². The van der Waals surface area contributed by atoms with Crippen molar-refractivity contribution in [3.63, 3.8) is 0 Å². The Bertz CT molecular complexity index is 934. The molecule has 0 spiro atoms. The van der Waals surface area contributed by atoms with E-state index in [2.05, 4.69) is 4.99 Å². The lowest BCUT2D eigenvalue weighted by molar-refractivity contribution is -0.121. The van der Waals surface area contributed by atoms with Crippen LogP contribution in [0.25, 0.3) is 6.08 Å². The number of rotatable bonds is 5. The predicted octanol–water partition coefficient (Wildman–Crippen LogP) is 4.11. The van der Waals surface area contributed by atoms with Crippen molar-refractivity contribution >= 4 is 40.6 Å². The molecule has 1 heterocycles. The van der Waals surface area contributed by atoms with Gasteiger partial charge in [-0.3, -0.25) is 9.69 Å². The number of hydrogen-bond donors (Lipinski definition) is 0. The first-order valence-corrected chi connectivity index (χ1v) is 9.51. The van der Waals surface area contributed by atoms with Gasteiger partial charge >= 0.3 is 5.97 Å². The molecule has 0 saturated carbocycles. The van der Waals surface area contributed by atoms with Gasteiger partial charge in [0.05, 0.1) is 29.9 Å². The lowest BCUT2D eigenvalue weighted by Crippen LogP contribution is -2.23. The van der Waals surface area contributed by atoms with Gasteiger partial charge < -0.3 is 9.47 Å². The molecule has 1 aliphatic heterocycles. The first-order valence-electron chi connectivity index (χ1n) is 8.69. The Morgan fingerprint density at radius 1 is 1.14 bits per heavy atom. The second-order valence-corrected chi connectivity index (χ2v) is 6.92. The average Bonchev–Trinajstić information content (AvgIpc) is 2.97. The Morgan fingerprint density at radius 3 is 2.43 bits per heavy atom. The van der Waals surface area contributed by atoms with Gasteiger partial charge in [0.1, 0.15) is 5.75 Å². The molecular formula is C21H20N2O4S. The van der Waals surface area contributed by atoms with Crippen molar-refractivity contribution in [2.24, 2.45) is 4.99 Å². The van der Waals surface area contributed by atoms with Crippen molar-refractivity contribution < 1.29 is 19.1 Å². The second kappa shape index (κ2) is 8.75. The van der Waals surface area contributed by atoms with Crippen LogP contribution in [0, 0.1) is 0 Å². The van der Waals surface area contributed by atoms with Crippen LogP contribution in [0.15, 0.2) is 58.4 Å². The highest BCUT2D eigenvalue weighted by atomic mass is 32.2. The molecule has 2 aromatic carbocycles. The van der Waals surface area contributed by atoms with Gasteiger partial charge in [-0.05, 0) is 66.7 Å². The minimum atomic E-state index is -0.367. The summed E-state index contributed by atoms with van der Waals surface area (Å²) in [5.41, 5.74) is 2.03. The number of ether oxygens (including phenoxy) is 2. The molecule has 0 bridgehead atoms. The minimum Gasteiger partial charge on any atom is -0.497 e. The summed E-state index contributed by atoms with van der Waals surface area (Å²) in [6.07, 6.45) is 1.83. The number of carbonyl (C=O) groups is 2. The molecule has 28 heavy (non-hydrogen) atoms. The third-order valence-electron chi connectivity index (χ3n) is 4.02. The van der Waals surface area contributed by atoms with E-state index in [0.717, 1.165) is 11.3 Å². The highest BCUT2D eigenvalue weighted by molar-refractivity contribution is 8.18. The number of amides is 1. The number of amidine groups is 1. The van der Waals surface area contributed by atoms with Gasteiger partial charge in [0, 0.05) is 7.05 Å². The van der Waals surface area contributed by atoms with Gasteiger partial charge in [-0.15, -0.1) is 0 Å². The molecule has 144 valence electrons. The summed E-state index contributed by atoms with van der Waals surface area (Å²) in [4.78, 5) is 30.9. The predicted molar refractivity (Wildman–Crippen MR) is 111 cm³/mol. The first-order chi connectivity index (χ1) is 13.5. The van der Waals surface area contributed by atoms with E-state index in [-0.39, 0.29) is 11.9 Å². The normalized spacial score (nSPS) is 16.7. The number of thioether (sulfide) groups is 1. The largest absolute Gasteiger partial charge is 0.497 e. The Hall–Kier alpha value is -3.06. The van der Waals surface area contributed by atoms with Gasteiger partial charge in [-0.2, -0.15) is 0 Å². The molecular weight excluding hydrogens is 376 g/mol. The van der Waals surface area contributed by atoms with Crippen LogP contribution in [0.2, 0.25) is 0 Å². The summed E-state index contributed by atoms with van der Waals surface area (Å²) in [6.45, 7) is 2.09. The minimum absolute atomic E-state index is 0.109. The summed E-state index contributed by atoms with van der Waals surface area (Å²) < 4.78 is 10.1. The van der Waals surface area contributed by atoms with E-state index in [1.54, 1.807) is 45.3 Å². The number of methoxy groups -OCH3 is 1. The lowest BCUT2D eigenvalue weighted by atomic mass is 10.2. The summed E-state index contributed by atoms with van der Waals surface area (Å²) in [5, 5.41) is 0.577. The summed E-state index contributed by atoms with van der Waals surface area (Å²) in [6, 6.07) is 14.2. The SMILES string of the molecule is CCOC(=O)c1ccc(N=C2SC(=Cc3ccc(OC)cc3)C(=O)N2C)cc1. The Morgan fingerprint density at radius 2 is 1.82 bits per heavy atom. The molecule has 2 aromatic rings. The van der Waals surface area contributed by atoms with E-state index >= 15 is 0 Å². The van der Waals surface area contributed by atoms with Crippen molar-refractivity contribution in [1.82, 2.24) is 4.90 Å². The van der Waals surface area contributed by atoms with Crippen molar-refractivity contribution in [2.75, 3.05) is 20.8 Å². The Balaban J connectivity index is 1.78. The maximum atomic E-state index is 12.5. The standard InChI is InChI=1S/C21H20N2O4S/c1-4-27-20(25)15-7-9-16(10-8-15)22-21-23(2)19(24)18(28-21)13-14-5-11-17(26-3)12-6-14/h5-13H,4H2,1-3H3. The summed E-state index contributed by atoms with van der Waals surface area (Å²) in [5.74, 6) is 0.287. The molecule has 1 saturated heterocycles. The molecule has 0 radical (unpaired) electrons. The molecule has 1 aliphatic rings. The number of nitrogens with zero attached hydrogens (tertiary/aromatic N) is 2. The van der Waals surface area contributed by atoms with Gasteiger partial charge in [0.25, 0.3) is 5.91 Å². The number of aliphatic imine (C=N–C) groups is 1. The number of hydrogen-bond acceptors (Lipinski definition) is 6. The molecule has 0 N–H and O–H groups in total. The second-order valence-electron chi connectivity index (χ2n) is 5.91. The Labute approximate surface area is 167 Å². The third-order valence-corrected chi connectivity index (χ3v) is 5.08. The maximum Gasteiger partial charge on any atom is 0.338 e. The zero-order valence-corrected chi connectivity index (χ0v) is 16.7. The van der Waals surface area contributed by atoms with Gasteiger partial charge in [-0.25, -0.2) is 9.79 Å². The van der Waals surface area contributed by atoms with Crippen molar-refractivity contribution in [2.45, 2.75) is 6.92 Å². The average molecular weight is 396 g/mol. The highest BCUT2D eigenvalue weighted by Crippen LogP contribution is 2.33. The quantitative estimate of drug-likeness (QED) is 0.562. The van der Waals surface area contributed by atoms with E-state index in [4.69, 9.17) is 9.47 Å². The van der Waals surface area contributed by atoms with Crippen LogP contribution in [-0.2, 0) is 9.53 Å². The zero-order valence-electron chi connectivity index (χ0n) is 15.8. The molecule has 0 atom stereocenters. The lowest BCUT2D eigenvalue weighted by Gasteiger charge is -2.07. The monoisotopic (exact) mass is 396 g/mol. The Kier molecular flexibility index (Phi) is 6.16. The first kappa shape index (κ1) is 19.7. The molecule has 0 aliphatic carbocycles. The zero-order chi connectivity index (χ0) is 20.1. The fourth-order valence-corrected chi connectivity index (χ4v) is 3.49. The van der Waals surface area contributed by atoms with Gasteiger partial charge in [0.15, 0.2) is 5.17 Å². The molecule has 7 heteroatoms. The fraction of sp³-hybridized carbons (Fsp3) is 0.190. The number of esters is 1. The van der Waals surface area contributed by atoms with Crippen LogP contribution in [0.1, 0.15) is 22.8 Å². The van der Waals surface area contributed by atoms with Crippen molar-refractivity contribution in [3.8, 4) is 5.75 Å². The number of benzene rings is 2. The summed E-state index contributed by atoms with van der Waals surface area (Å²) >= 11 is 1.31. The third kappa shape index (κ3) is 4.43. The van der Waals surface area contributed by atoms with Crippen molar-refractivity contribution in [3.05, 3.63) is 64.6 Å². The van der Waals surface area contributed by atoms with E-state index < -0.39 is 0 Å². The van der Waals surface area contributed by atoms with Crippen LogP contribution in [0.3, 0.4) is 0 Å². The van der Waals surface area contributed by atoms with Crippen LogP contribution >= 0.6 is 11.8 Å². The fourth-order valence-electron chi connectivity index (χ4n) is 2.50. The van der Waals surface area contributed by atoms with Crippen LogP contribution < -0.4 is 4.74 Å². The van der Waals surface area contributed by atoms with E-state index in [1.165, 1.54) is 16.7 Å². The van der Waals surface area contributed by atoms with Crippen LogP contribution in [0.4, 0.5) is 5.69 Å². The van der Waals surface area contributed by atoms with Crippen LogP contribution in [0.5, 0.6) is 5.75 Å². The molecule has 0 aromatic heterocycles. The smallest absolute Gasteiger partial charge is 0.338 e.